The van der Waals surface area contributed by atoms with Crippen LogP contribution in [0.1, 0.15) is 16.7 Å². The number of hydrogen-bond donors (Lipinski definition) is 1. The normalized spacial score (nSPS) is 11.1. The first-order chi connectivity index (χ1) is 16.2. The van der Waals surface area contributed by atoms with Crippen molar-refractivity contribution in [3.8, 4) is 11.1 Å². The molecule has 188 valence electrons. The van der Waals surface area contributed by atoms with Crippen LogP contribution in [0.15, 0.2) is 48.4 Å². The predicted molar refractivity (Wildman–Crippen MR) is 132 cm³/mol. The molecule has 0 bridgehead atoms. The average Bonchev–Trinajstić information content (AvgIpc) is 3.05. The van der Waals surface area contributed by atoms with E-state index < -0.39 is 12.1 Å². The molecular formula is C25H29F3N4O3. The molecule has 0 fully saturated rings. The molecule has 0 amide bonds. The first-order valence-electron chi connectivity index (χ1n) is 10.7. The first kappa shape index (κ1) is 27.4. The van der Waals surface area contributed by atoms with Crippen molar-refractivity contribution in [2.45, 2.75) is 26.9 Å². The lowest BCUT2D eigenvalue weighted by Gasteiger charge is -2.22. The molecule has 0 saturated carbocycles. The molecule has 0 aliphatic rings. The SMILES string of the molecule is C=CCN(CC=C)c1nc2c(c(-c3c(C)cc(C)cc3C)cn2C)c(=O)n1C.O=C(O)C(F)(F)F. The monoisotopic (exact) mass is 490 g/mol. The number of aliphatic carboxylic acids is 1. The Morgan fingerprint density at radius 2 is 1.60 bits per heavy atom. The molecule has 7 nitrogen and oxygen atoms in total. The van der Waals surface area contributed by atoms with Gasteiger partial charge < -0.3 is 14.6 Å². The molecule has 0 spiro atoms. The molecule has 2 aromatic heterocycles. The van der Waals surface area contributed by atoms with Gasteiger partial charge in [-0.25, -0.2) is 4.79 Å². The highest BCUT2D eigenvalue weighted by atomic mass is 19.4. The second-order valence-corrected chi connectivity index (χ2v) is 8.19. The van der Waals surface area contributed by atoms with Gasteiger partial charge in [0, 0.05) is 38.9 Å². The number of aryl methyl sites for hydroxylation is 4. The number of aromatic nitrogens is 3. The summed E-state index contributed by atoms with van der Waals surface area (Å²) >= 11 is 0. The largest absolute Gasteiger partial charge is 0.490 e. The van der Waals surface area contributed by atoms with E-state index in [0.29, 0.717) is 30.1 Å². The molecule has 3 rings (SSSR count). The first-order valence-corrected chi connectivity index (χ1v) is 10.7. The van der Waals surface area contributed by atoms with Crippen LogP contribution < -0.4 is 10.5 Å². The molecule has 0 atom stereocenters. The zero-order chi connectivity index (χ0) is 26.7. The number of alkyl halides is 3. The predicted octanol–water partition coefficient (Wildman–Crippen LogP) is 4.68. The Hall–Kier alpha value is -3.82. The van der Waals surface area contributed by atoms with Gasteiger partial charge in [0.25, 0.3) is 5.56 Å². The van der Waals surface area contributed by atoms with Crippen molar-refractivity contribution in [2.75, 3.05) is 18.0 Å². The Morgan fingerprint density at radius 3 is 2.03 bits per heavy atom. The topological polar surface area (TPSA) is 80.4 Å². The van der Waals surface area contributed by atoms with Crippen molar-refractivity contribution in [1.82, 2.24) is 14.1 Å². The van der Waals surface area contributed by atoms with Gasteiger partial charge in [0.2, 0.25) is 5.95 Å². The summed E-state index contributed by atoms with van der Waals surface area (Å²) in [6.45, 7) is 15.1. The van der Waals surface area contributed by atoms with Crippen LogP contribution in [0.3, 0.4) is 0 Å². The molecule has 0 aliphatic carbocycles. The Bertz CT molecular complexity index is 1300. The quantitative estimate of drug-likeness (QED) is 0.508. The Kier molecular flexibility index (Phi) is 8.33. The van der Waals surface area contributed by atoms with Crippen molar-refractivity contribution < 1.29 is 23.1 Å². The minimum atomic E-state index is -5.08. The minimum Gasteiger partial charge on any atom is -0.475 e. The van der Waals surface area contributed by atoms with Gasteiger partial charge in [0.1, 0.15) is 5.65 Å². The van der Waals surface area contributed by atoms with E-state index in [-0.39, 0.29) is 5.56 Å². The number of carboxylic acid groups (broad SMARTS) is 1. The number of benzene rings is 1. The van der Waals surface area contributed by atoms with Crippen molar-refractivity contribution in [1.29, 1.82) is 0 Å². The Balaban J connectivity index is 0.000000540. The van der Waals surface area contributed by atoms with E-state index in [1.165, 1.54) is 5.56 Å². The van der Waals surface area contributed by atoms with E-state index in [1.54, 1.807) is 23.8 Å². The number of fused-ring (bicyclic) bond motifs is 1. The number of rotatable bonds is 6. The van der Waals surface area contributed by atoms with Gasteiger partial charge in [-0.3, -0.25) is 9.36 Å². The summed E-state index contributed by atoms with van der Waals surface area (Å²) in [5.41, 5.74) is 6.23. The fourth-order valence-corrected chi connectivity index (χ4v) is 4.02. The molecule has 0 aliphatic heterocycles. The number of hydrogen-bond acceptors (Lipinski definition) is 4. The van der Waals surface area contributed by atoms with Crippen LogP contribution in [0.2, 0.25) is 0 Å². The Labute approximate surface area is 201 Å². The number of anilines is 1. The van der Waals surface area contributed by atoms with E-state index >= 15 is 0 Å². The lowest BCUT2D eigenvalue weighted by molar-refractivity contribution is -0.192. The lowest BCUT2D eigenvalue weighted by atomic mass is 9.94. The van der Waals surface area contributed by atoms with Crippen molar-refractivity contribution in [3.05, 3.63) is 70.7 Å². The van der Waals surface area contributed by atoms with E-state index in [1.807, 2.05) is 22.7 Å². The van der Waals surface area contributed by atoms with Gasteiger partial charge in [-0.05, 0) is 37.5 Å². The van der Waals surface area contributed by atoms with Crippen LogP contribution in [0.5, 0.6) is 0 Å². The fourth-order valence-electron chi connectivity index (χ4n) is 4.02. The number of halogens is 3. The smallest absolute Gasteiger partial charge is 0.475 e. The maximum Gasteiger partial charge on any atom is 0.490 e. The summed E-state index contributed by atoms with van der Waals surface area (Å²) in [6.07, 6.45) is 0.531. The molecular weight excluding hydrogens is 461 g/mol. The van der Waals surface area contributed by atoms with Crippen LogP contribution in [-0.4, -0.2) is 44.5 Å². The maximum atomic E-state index is 13.4. The molecule has 0 radical (unpaired) electrons. The van der Waals surface area contributed by atoms with Crippen LogP contribution in [0.4, 0.5) is 19.1 Å². The van der Waals surface area contributed by atoms with Gasteiger partial charge in [-0.2, -0.15) is 18.2 Å². The standard InChI is InChI=1S/C23H28N4O.C2HF3O2/c1-8-10-27(11-9-2)23-24-21-20(22(28)26(23)7)18(14-25(21)6)19-16(4)12-15(3)13-17(19)5;3-2(4,5)1(6)7/h8-9,12-14H,1-2,10-11H2,3-7H3;(H,6,7). The third-order valence-electron chi connectivity index (χ3n) is 5.34. The van der Waals surface area contributed by atoms with Gasteiger partial charge in [0.15, 0.2) is 0 Å². The Morgan fingerprint density at radius 1 is 1.11 bits per heavy atom. The summed E-state index contributed by atoms with van der Waals surface area (Å²) in [5, 5.41) is 7.78. The summed E-state index contributed by atoms with van der Waals surface area (Å²) < 4.78 is 35.3. The fraction of sp³-hybridized carbons (Fsp3) is 0.320. The van der Waals surface area contributed by atoms with Crippen LogP contribution >= 0.6 is 0 Å². The van der Waals surface area contributed by atoms with E-state index in [9.17, 15) is 18.0 Å². The number of carboxylic acids is 1. The van der Waals surface area contributed by atoms with Crippen molar-refractivity contribution in [2.24, 2.45) is 14.1 Å². The number of carbonyl (C=O) groups is 1. The second-order valence-electron chi connectivity index (χ2n) is 8.19. The second kappa shape index (κ2) is 10.6. The van der Waals surface area contributed by atoms with Crippen molar-refractivity contribution >= 4 is 23.0 Å². The summed E-state index contributed by atoms with van der Waals surface area (Å²) in [6, 6.07) is 4.31. The zero-order valence-corrected chi connectivity index (χ0v) is 20.4. The zero-order valence-electron chi connectivity index (χ0n) is 20.4. The third kappa shape index (κ3) is 5.82. The van der Waals surface area contributed by atoms with Gasteiger partial charge >= 0.3 is 12.1 Å². The maximum absolute atomic E-state index is 13.4. The highest BCUT2D eigenvalue weighted by Crippen LogP contribution is 2.33. The molecule has 2 heterocycles. The minimum absolute atomic E-state index is 0.0481. The van der Waals surface area contributed by atoms with E-state index in [4.69, 9.17) is 14.9 Å². The van der Waals surface area contributed by atoms with Crippen molar-refractivity contribution in [3.63, 3.8) is 0 Å². The van der Waals surface area contributed by atoms with Gasteiger partial charge in [0.05, 0.1) is 5.39 Å². The van der Waals surface area contributed by atoms with E-state index in [0.717, 1.165) is 22.3 Å². The summed E-state index contributed by atoms with van der Waals surface area (Å²) in [5.74, 6) is -2.14. The third-order valence-corrected chi connectivity index (χ3v) is 5.34. The molecule has 1 N–H and O–H groups in total. The molecule has 3 aromatic rings. The molecule has 10 heteroatoms. The average molecular weight is 491 g/mol. The van der Waals surface area contributed by atoms with Gasteiger partial charge in [-0.1, -0.05) is 29.8 Å². The summed E-state index contributed by atoms with van der Waals surface area (Å²) in [7, 11) is 3.71. The highest BCUT2D eigenvalue weighted by Gasteiger charge is 2.38. The summed E-state index contributed by atoms with van der Waals surface area (Å²) in [4.78, 5) is 29.1. The lowest BCUT2D eigenvalue weighted by Crippen LogP contribution is -2.32. The molecule has 35 heavy (non-hydrogen) atoms. The molecule has 1 aromatic carbocycles. The molecule has 0 saturated heterocycles. The number of nitrogens with zero attached hydrogens (tertiary/aromatic N) is 4. The van der Waals surface area contributed by atoms with Crippen LogP contribution in [-0.2, 0) is 18.9 Å². The van der Waals surface area contributed by atoms with E-state index in [2.05, 4.69) is 46.1 Å². The highest BCUT2D eigenvalue weighted by molar-refractivity contribution is 5.95. The van der Waals surface area contributed by atoms with Crippen LogP contribution in [0, 0.1) is 20.8 Å². The van der Waals surface area contributed by atoms with Gasteiger partial charge in [-0.15, -0.1) is 13.2 Å². The molecule has 0 unspecified atom stereocenters. The van der Waals surface area contributed by atoms with Crippen LogP contribution in [0.25, 0.3) is 22.2 Å².